The molecule has 0 aliphatic carbocycles. The van der Waals surface area contributed by atoms with E-state index >= 15 is 0 Å². The first-order valence-corrected chi connectivity index (χ1v) is 17.1. The normalized spacial score (nSPS) is 23.3. The zero-order valence-electron chi connectivity index (χ0n) is 28.8. The van der Waals surface area contributed by atoms with Gasteiger partial charge in [0.1, 0.15) is 24.4 Å². The number of anilines is 1. The molecule has 4 unspecified atom stereocenters. The number of halogens is 1. The Hall–Kier alpha value is -4.03. The number of carbonyl (C=O) groups excluding carboxylic acids is 1. The second kappa shape index (κ2) is 12.5. The number of nitrogens with zero attached hydrogens (tertiary/aromatic N) is 2. The molecule has 4 heterocycles. The van der Waals surface area contributed by atoms with Crippen molar-refractivity contribution in [3.05, 3.63) is 120 Å². The van der Waals surface area contributed by atoms with E-state index in [2.05, 4.69) is 100 Å². The zero-order valence-corrected chi connectivity index (χ0v) is 28.8. The molecule has 0 radical (unpaired) electrons. The molecule has 4 aromatic rings. The minimum Gasteiger partial charge on any atom is -0.325 e. The number of benzene rings is 3. The molecule has 3 aliphatic rings. The molecule has 7 rings (SSSR count). The van der Waals surface area contributed by atoms with Crippen LogP contribution >= 0.6 is 0 Å². The molecule has 5 atom stereocenters. The average Bonchev–Trinajstić information content (AvgIpc) is 3.03. The van der Waals surface area contributed by atoms with Crippen LogP contribution in [0.25, 0.3) is 10.9 Å². The van der Waals surface area contributed by atoms with Crippen molar-refractivity contribution >= 4 is 22.6 Å². The summed E-state index contributed by atoms with van der Waals surface area (Å²) in [5, 5.41) is 7.47. The number of pyridine rings is 1. The lowest BCUT2D eigenvalue weighted by atomic mass is 9.70. The standard InChI is InChI=1S/C41H49FN4O/c1-8-28-26-46(25-27-21-30(40(2,3)4)24-31(22-27)41(5,6)7)20-18-29(28)23-37(46)38(35-17-19-43-36-12-10-9-11-34(35)36)45-39(47)44-33-15-13-32(42)14-16-33/h8-17,19,21-22,24,28-29,37-38H,1,18,20,23,25-26H2,2-7H3,(H-,44,45,47)/p+1/t28?,29?,37?,38-,46?/m0/s1. The summed E-state index contributed by atoms with van der Waals surface area (Å²) in [5.41, 5.74) is 6.65. The lowest BCUT2D eigenvalue weighted by Gasteiger charge is -2.59. The van der Waals surface area contributed by atoms with Gasteiger partial charge in [0.15, 0.2) is 0 Å². The SMILES string of the molecule is C=CC1C[N+]2(Cc3cc(C(C)(C)C)cc(C(C)(C)C)c3)CCC1CC2[C@@H](NC(=O)Nc1ccc(F)cc1)c1ccnc2ccccc12. The molecule has 2 bridgehead atoms. The first-order valence-electron chi connectivity index (χ1n) is 17.1. The van der Waals surface area contributed by atoms with Crippen molar-refractivity contribution in [1.82, 2.24) is 10.3 Å². The molecule has 5 nitrogen and oxygen atoms in total. The van der Waals surface area contributed by atoms with Crippen molar-refractivity contribution in [1.29, 1.82) is 0 Å². The molecule has 0 spiro atoms. The van der Waals surface area contributed by atoms with Crippen LogP contribution in [0.2, 0.25) is 0 Å². The van der Waals surface area contributed by atoms with Crippen molar-refractivity contribution in [2.75, 3.05) is 18.4 Å². The Bertz CT molecular complexity index is 1730. The van der Waals surface area contributed by atoms with Gasteiger partial charge in [0.2, 0.25) is 0 Å². The van der Waals surface area contributed by atoms with Gasteiger partial charge in [0.25, 0.3) is 0 Å². The Morgan fingerprint density at radius 3 is 2.34 bits per heavy atom. The Morgan fingerprint density at radius 1 is 1.00 bits per heavy atom. The number of quaternary nitrogens is 1. The van der Waals surface area contributed by atoms with E-state index in [4.69, 9.17) is 0 Å². The summed E-state index contributed by atoms with van der Waals surface area (Å²) in [7, 11) is 0. The maximum absolute atomic E-state index is 13.8. The van der Waals surface area contributed by atoms with Crippen LogP contribution in [-0.2, 0) is 17.4 Å². The van der Waals surface area contributed by atoms with Crippen molar-refractivity contribution < 1.29 is 13.7 Å². The fourth-order valence-electron chi connectivity index (χ4n) is 8.03. The predicted octanol–water partition coefficient (Wildman–Crippen LogP) is 9.44. The summed E-state index contributed by atoms with van der Waals surface area (Å²) >= 11 is 0. The van der Waals surface area contributed by atoms with E-state index in [1.54, 1.807) is 12.1 Å². The smallest absolute Gasteiger partial charge is 0.319 e. The van der Waals surface area contributed by atoms with Gasteiger partial charge in [-0.1, -0.05) is 71.9 Å². The number of fused-ring (bicyclic) bond motifs is 4. The highest BCUT2D eigenvalue weighted by Crippen LogP contribution is 2.48. The fourth-order valence-corrected chi connectivity index (χ4v) is 8.03. The number of amides is 2. The highest BCUT2D eigenvalue weighted by molar-refractivity contribution is 5.90. The average molecular weight is 634 g/mol. The molecule has 246 valence electrons. The number of nitrogens with one attached hydrogen (secondary N) is 2. The molecular formula is C41H50FN4O+. The maximum atomic E-state index is 13.8. The molecule has 6 heteroatoms. The second-order valence-corrected chi connectivity index (χ2v) is 16.0. The molecule has 3 fully saturated rings. The number of aromatic nitrogens is 1. The fraction of sp³-hybridized carbons (Fsp3) is 0.415. The zero-order chi connectivity index (χ0) is 33.6. The lowest BCUT2D eigenvalue weighted by Crippen LogP contribution is -2.69. The third kappa shape index (κ3) is 6.85. The van der Waals surface area contributed by atoms with Gasteiger partial charge in [0, 0.05) is 41.6 Å². The highest BCUT2D eigenvalue weighted by Gasteiger charge is 2.54. The molecule has 2 amide bonds. The Balaban J connectivity index is 1.46. The summed E-state index contributed by atoms with van der Waals surface area (Å²) in [6.45, 7) is 21.0. The summed E-state index contributed by atoms with van der Waals surface area (Å²) < 4.78 is 14.5. The Morgan fingerprint density at radius 2 is 1.68 bits per heavy atom. The summed E-state index contributed by atoms with van der Waals surface area (Å²) in [5.74, 6) is 0.605. The molecule has 0 saturated carbocycles. The quantitative estimate of drug-likeness (QED) is 0.157. The van der Waals surface area contributed by atoms with E-state index in [9.17, 15) is 9.18 Å². The van der Waals surface area contributed by atoms with Crippen LogP contribution in [0.15, 0.2) is 91.6 Å². The van der Waals surface area contributed by atoms with Gasteiger partial charge in [-0.05, 0) is 82.0 Å². The predicted molar refractivity (Wildman–Crippen MR) is 191 cm³/mol. The van der Waals surface area contributed by atoms with Crippen molar-refractivity contribution in [3.63, 3.8) is 0 Å². The van der Waals surface area contributed by atoms with Gasteiger partial charge >= 0.3 is 6.03 Å². The third-order valence-electron chi connectivity index (χ3n) is 10.7. The topological polar surface area (TPSA) is 54.0 Å². The van der Waals surface area contributed by atoms with Gasteiger partial charge in [-0.2, -0.15) is 0 Å². The van der Waals surface area contributed by atoms with Crippen molar-refractivity contribution in [2.45, 2.75) is 83.8 Å². The largest absolute Gasteiger partial charge is 0.325 e. The first-order chi connectivity index (χ1) is 22.3. The van der Waals surface area contributed by atoms with Crippen LogP contribution < -0.4 is 10.6 Å². The Labute approximate surface area is 279 Å². The number of hydrogen-bond acceptors (Lipinski definition) is 2. The summed E-state index contributed by atoms with van der Waals surface area (Å²) in [6.07, 6.45) is 6.16. The Kier molecular flexibility index (Phi) is 8.77. The highest BCUT2D eigenvalue weighted by atomic mass is 19.1. The number of piperidine rings is 3. The number of carbonyl (C=O) groups is 1. The van der Waals surface area contributed by atoms with Crippen molar-refractivity contribution in [2.24, 2.45) is 11.8 Å². The second-order valence-electron chi connectivity index (χ2n) is 16.0. The third-order valence-corrected chi connectivity index (χ3v) is 10.7. The molecule has 2 N–H and O–H groups in total. The maximum Gasteiger partial charge on any atom is 0.319 e. The van der Waals surface area contributed by atoms with Gasteiger partial charge in [-0.3, -0.25) is 4.98 Å². The van der Waals surface area contributed by atoms with Crippen LogP contribution in [-0.4, -0.2) is 34.6 Å². The number of urea groups is 1. The van der Waals surface area contributed by atoms with Crippen LogP contribution in [0.5, 0.6) is 0 Å². The van der Waals surface area contributed by atoms with Crippen LogP contribution in [0.4, 0.5) is 14.9 Å². The number of rotatable bonds is 7. The van der Waals surface area contributed by atoms with E-state index in [0.717, 1.165) is 53.4 Å². The van der Waals surface area contributed by atoms with Gasteiger partial charge < -0.3 is 15.1 Å². The lowest BCUT2D eigenvalue weighted by molar-refractivity contribution is -0.983. The number of hydrogen-bond donors (Lipinski definition) is 2. The summed E-state index contributed by atoms with van der Waals surface area (Å²) in [6, 6.07) is 23.0. The molecular weight excluding hydrogens is 583 g/mol. The molecule has 47 heavy (non-hydrogen) atoms. The minimum absolute atomic E-state index is 0.0203. The van der Waals surface area contributed by atoms with E-state index in [1.807, 2.05) is 24.4 Å². The molecule has 1 aromatic heterocycles. The monoisotopic (exact) mass is 633 g/mol. The number of para-hydroxylation sites is 1. The van der Waals surface area contributed by atoms with Gasteiger partial charge in [0.05, 0.1) is 18.6 Å². The van der Waals surface area contributed by atoms with E-state index in [-0.39, 0.29) is 34.8 Å². The van der Waals surface area contributed by atoms with Crippen LogP contribution in [0.3, 0.4) is 0 Å². The van der Waals surface area contributed by atoms with Crippen LogP contribution in [0, 0.1) is 17.7 Å². The van der Waals surface area contributed by atoms with Gasteiger partial charge in [-0.25, -0.2) is 9.18 Å². The van der Waals surface area contributed by atoms with E-state index in [1.165, 1.54) is 28.8 Å². The molecule has 3 aliphatic heterocycles. The minimum atomic E-state index is -0.337. The van der Waals surface area contributed by atoms with Crippen LogP contribution in [0.1, 0.15) is 82.7 Å². The van der Waals surface area contributed by atoms with Gasteiger partial charge in [-0.15, -0.1) is 6.58 Å². The summed E-state index contributed by atoms with van der Waals surface area (Å²) in [4.78, 5) is 18.5. The molecule has 3 saturated heterocycles. The molecule has 3 aromatic carbocycles. The van der Waals surface area contributed by atoms with Crippen molar-refractivity contribution in [3.8, 4) is 0 Å². The van der Waals surface area contributed by atoms with E-state index < -0.39 is 0 Å². The van der Waals surface area contributed by atoms with E-state index in [0.29, 0.717) is 17.5 Å². The first kappa shape index (κ1) is 32.9.